The summed E-state index contributed by atoms with van der Waals surface area (Å²) < 4.78 is 0. The first kappa shape index (κ1) is 16.1. The second-order valence-electron chi connectivity index (χ2n) is 5.57. The van der Waals surface area contributed by atoms with E-state index in [0.717, 1.165) is 44.3 Å². The predicted molar refractivity (Wildman–Crippen MR) is 82.2 cm³/mol. The van der Waals surface area contributed by atoms with E-state index in [2.05, 4.69) is 48.1 Å². The van der Waals surface area contributed by atoms with Crippen LogP contribution in [-0.4, -0.2) is 36.1 Å². The summed E-state index contributed by atoms with van der Waals surface area (Å²) in [6, 6.07) is 6.25. The van der Waals surface area contributed by atoms with Gasteiger partial charge in [-0.2, -0.15) is 0 Å². The Morgan fingerprint density at radius 2 is 2.05 bits per heavy atom. The molecule has 0 unspecified atom stereocenters. The molecular weight excluding hydrogens is 234 g/mol. The molecule has 0 aliphatic heterocycles. The molecule has 0 amide bonds. The normalized spacial score (nSPS) is 11.5. The van der Waals surface area contributed by atoms with Crippen LogP contribution in [0.2, 0.25) is 0 Å². The Hall–Kier alpha value is -0.930. The molecule has 1 aromatic heterocycles. The highest BCUT2D eigenvalue weighted by atomic mass is 15.1. The van der Waals surface area contributed by atoms with Crippen LogP contribution in [-0.2, 0) is 6.54 Å². The van der Waals surface area contributed by atoms with Crippen molar-refractivity contribution in [3.63, 3.8) is 0 Å². The number of hydrogen-bond acceptors (Lipinski definition) is 3. The zero-order chi connectivity index (χ0) is 14.1. The lowest BCUT2D eigenvalue weighted by atomic mass is 10.1. The van der Waals surface area contributed by atoms with Crippen molar-refractivity contribution in [2.75, 3.05) is 26.2 Å². The maximum atomic E-state index is 4.57. The first-order chi connectivity index (χ1) is 9.11. The van der Waals surface area contributed by atoms with E-state index in [1.807, 2.05) is 13.0 Å². The molecule has 0 aliphatic rings. The molecule has 1 rings (SSSR count). The highest BCUT2D eigenvalue weighted by Gasteiger charge is 2.04. The van der Waals surface area contributed by atoms with Gasteiger partial charge in [0.25, 0.3) is 0 Å². The van der Waals surface area contributed by atoms with Crippen LogP contribution in [0.5, 0.6) is 0 Å². The molecule has 0 aliphatic carbocycles. The lowest BCUT2D eigenvalue weighted by molar-refractivity contribution is 0.275. The summed E-state index contributed by atoms with van der Waals surface area (Å²) in [6.07, 6.45) is 1.26. The van der Waals surface area contributed by atoms with Crippen LogP contribution < -0.4 is 5.32 Å². The number of likely N-dealkylation sites (N-methyl/N-ethyl adjacent to an activating group) is 1. The van der Waals surface area contributed by atoms with Crippen LogP contribution in [0.1, 0.15) is 38.6 Å². The van der Waals surface area contributed by atoms with Crippen LogP contribution in [0.15, 0.2) is 18.2 Å². The summed E-state index contributed by atoms with van der Waals surface area (Å²) in [5.74, 6) is 0.784. The Balaban J connectivity index is 2.26. The largest absolute Gasteiger partial charge is 0.315 e. The Morgan fingerprint density at radius 1 is 1.26 bits per heavy atom. The molecule has 0 aromatic carbocycles. The van der Waals surface area contributed by atoms with Gasteiger partial charge in [-0.25, -0.2) is 0 Å². The minimum atomic E-state index is 0.784. The van der Waals surface area contributed by atoms with Gasteiger partial charge in [-0.1, -0.05) is 26.8 Å². The van der Waals surface area contributed by atoms with Crippen LogP contribution in [0, 0.1) is 12.8 Å². The summed E-state index contributed by atoms with van der Waals surface area (Å²) in [5, 5.41) is 3.52. The second-order valence-corrected chi connectivity index (χ2v) is 5.57. The highest BCUT2D eigenvalue weighted by Crippen LogP contribution is 2.03. The Labute approximate surface area is 118 Å². The highest BCUT2D eigenvalue weighted by molar-refractivity contribution is 5.09. The average Bonchev–Trinajstić information content (AvgIpc) is 2.36. The average molecular weight is 263 g/mol. The minimum absolute atomic E-state index is 0.784. The fraction of sp³-hybridized carbons (Fsp3) is 0.688. The maximum Gasteiger partial charge on any atom is 0.0547 e. The molecule has 3 nitrogen and oxygen atoms in total. The third-order valence-electron chi connectivity index (χ3n) is 3.28. The molecule has 0 saturated heterocycles. The summed E-state index contributed by atoms with van der Waals surface area (Å²) in [5.41, 5.74) is 2.27. The topological polar surface area (TPSA) is 28.2 Å². The van der Waals surface area contributed by atoms with Gasteiger partial charge >= 0.3 is 0 Å². The van der Waals surface area contributed by atoms with Gasteiger partial charge in [-0.05, 0) is 44.5 Å². The van der Waals surface area contributed by atoms with Crippen LogP contribution >= 0.6 is 0 Å². The Morgan fingerprint density at radius 3 is 2.68 bits per heavy atom. The van der Waals surface area contributed by atoms with Crippen molar-refractivity contribution in [2.45, 2.75) is 40.7 Å². The molecule has 108 valence electrons. The first-order valence-electron chi connectivity index (χ1n) is 7.47. The maximum absolute atomic E-state index is 4.57. The van der Waals surface area contributed by atoms with Crippen molar-refractivity contribution in [3.05, 3.63) is 29.6 Å². The van der Waals surface area contributed by atoms with Gasteiger partial charge in [0.1, 0.15) is 0 Å². The molecule has 0 saturated carbocycles. The number of rotatable bonds is 9. The third-order valence-corrected chi connectivity index (χ3v) is 3.28. The van der Waals surface area contributed by atoms with Crippen molar-refractivity contribution in [1.82, 2.24) is 15.2 Å². The molecule has 0 fully saturated rings. The van der Waals surface area contributed by atoms with Crippen LogP contribution in [0.3, 0.4) is 0 Å². The number of hydrogen-bond donors (Lipinski definition) is 1. The fourth-order valence-corrected chi connectivity index (χ4v) is 2.02. The van der Waals surface area contributed by atoms with E-state index < -0.39 is 0 Å². The molecule has 0 spiro atoms. The predicted octanol–water partition coefficient (Wildman–Crippen LogP) is 2.85. The van der Waals surface area contributed by atoms with E-state index in [9.17, 15) is 0 Å². The fourth-order valence-electron chi connectivity index (χ4n) is 2.02. The van der Waals surface area contributed by atoms with E-state index in [0.29, 0.717) is 0 Å². The summed E-state index contributed by atoms with van der Waals surface area (Å²) in [7, 11) is 0. The standard InChI is InChI=1S/C16H29N3/c1-5-19(12-11-17-10-9-14(2)3)13-16-8-6-7-15(4)18-16/h6-8,14,17H,5,9-13H2,1-4H3. The van der Waals surface area contributed by atoms with Crippen molar-refractivity contribution in [1.29, 1.82) is 0 Å². The van der Waals surface area contributed by atoms with Crippen LogP contribution in [0.25, 0.3) is 0 Å². The molecule has 1 heterocycles. The Kier molecular flexibility index (Phi) is 7.68. The quantitative estimate of drug-likeness (QED) is 0.694. The van der Waals surface area contributed by atoms with E-state index in [-0.39, 0.29) is 0 Å². The van der Waals surface area contributed by atoms with Gasteiger partial charge in [0.15, 0.2) is 0 Å². The van der Waals surface area contributed by atoms with E-state index in [4.69, 9.17) is 0 Å². The SMILES string of the molecule is CCN(CCNCCC(C)C)Cc1cccc(C)n1. The van der Waals surface area contributed by atoms with Gasteiger partial charge in [0.2, 0.25) is 0 Å². The van der Waals surface area contributed by atoms with E-state index in [1.54, 1.807) is 0 Å². The molecule has 3 heteroatoms. The van der Waals surface area contributed by atoms with E-state index >= 15 is 0 Å². The number of nitrogens with one attached hydrogen (secondary N) is 1. The van der Waals surface area contributed by atoms with Gasteiger partial charge in [-0.15, -0.1) is 0 Å². The van der Waals surface area contributed by atoms with Crippen molar-refractivity contribution >= 4 is 0 Å². The number of pyridine rings is 1. The zero-order valence-electron chi connectivity index (χ0n) is 12.9. The summed E-state index contributed by atoms with van der Waals surface area (Å²) >= 11 is 0. The number of nitrogens with zero attached hydrogens (tertiary/aromatic N) is 2. The van der Waals surface area contributed by atoms with Crippen LogP contribution in [0.4, 0.5) is 0 Å². The van der Waals surface area contributed by atoms with Gasteiger partial charge < -0.3 is 5.32 Å². The third kappa shape index (κ3) is 7.28. The smallest absolute Gasteiger partial charge is 0.0547 e. The van der Waals surface area contributed by atoms with Crippen molar-refractivity contribution < 1.29 is 0 Å². The summed E-state index contributed by atoms with van der Waals surface area (Å²) in [6.45, 7) is 14.1. The molecule has 0 radical (unpaired) electrons. The molecule has 19 heavy (non-hydrogen) atoms. The lowest BCUT2D eigenvalue weighted by Crippen LogP contribution is -2.32. The van der Waals surface area contributed by atoms with Crippen molar-refractivity contribution in [2.24, 2.45) is 5.92 Å². The monoisotopic (exact) mass is 263 g/mol. The molecular formula is C16H29N3. The molecule has 0 atom stereocenters. The molecule has 0 bridgehead atoms. The van der Waals surface area contributed by atoms with E-state index in [1.165, 1.54) is 12.1 Å². The summed E-state index contributed by atoms with van der Waals surface area (Å²) in [4.78, 5) is 7.00. The second kappa shape index (κ2) is 9.05. The molecule has 1 aromatic rings. The first-order valence-corrected chi connectivity index (χ1v) is 7.47. The van der Waals surface area contributed by atoms with Crippen molar-refractivity contribution in [3.8, 4) is 0 Å². The zero-order valence-corrected chi connectivity index (χ0v) is 12.9. The molecule has 1 N–H and O–H groups in total. The minimum Gasteiger partial charge on any atom is -0.315 e. The van der Waals surface area contributed by atoms with Gasteiger partial charge in [-0.3, -0.25) is 9.88 Å². The number of aryl methyl sites for hydroxylation is 1. The lowest BCUT2D eigenvalue weighted by Gasteiger charge is -2.20. The van der Waals surface area contributed by atoms with Gasteiger partial charge in [0.05, 0.1) is 5.69 Å². The number of aromatic nitrogens is 1. The van der Waals surface area contributed by atoms with Gasteiger partial charge in [0, 0.05) is 25.3 Å². The Bertz CT molecular complexity index is 350.